The Morgan fingerprint density at radius 3 is 2.18 bits per heavy atom. The quantitative estimate of drug-likeness (QED) is 0.0297. The number of anilines is 4. The molecule has 18 heteroatoms. The second kappa shape index (κ2) is 16.9. The first-order chi connectivity index (χ1) is 28.9. The SMILES string of the molecule is CSSCCC(=O)Nc1ccc2[nH]c(C(=O)Nc3ccc4[nH]c(C(=O)N5C[C@@H](CCl)c6c5cc(OC(=O)Nc5cccc(S(=O)(=O)O)c5)c5ccccc65)cc4c3)cc2c1. The maximum Gasteiger partial charge on any atom is 0.417 e. The first kappa shape index (κ1) is 40.8. The summed E-state index contributed by atoms with van der Waals surface area (Å²) in [6, 6.07) is 28.0. The molecule has 306 valence electrons. The molecule has 0 bridgehead atoms. The van der Waals surface area contributed by atoms with Crippen molar-refractivity contribution in [2.24, 2.45) is 0 Å². The van der Waals surface area contributed by atoms with Gasteiger partial charge in [-0.25, -0.2) is 4.79 Å². The highest BCUT2D eigenvalue weighted by molar-refractivity contribution is 8.76. The number of ether oxygens (including phenoxy) is 1. The summed E-state index contributed by atoms with van der Waals surface area (Å²) in [6.45, 7) is 0.256. The fraction of sp³-hybridized carbons (Fsp3) is 0.143. The molecule has 6 N–H and O–H groups in total. The van der Waals surface area contributed by atoms with Crippen LogP contribution in [-0.2, 0) is 14.9 Å². The van der Waals surface area contributed by atoms with Crippen LogP contribution in [0.15, 0.2) is 108 Å². The van der Waals surface area contributed by atoms with E-state index in [1.165, 1.54) is 18.2 Å². The fourth-order valence-corrected chi connectivity index (χ4v) is 9.20. The normalized spacial score (nSPS) is 13.7. The molecule has 0 aliphatic carbocycles. The lowest BCUT2D eigenvalue weighted by molar-refractivity contribution is -0.115. The molecule has 1 atom stereocenters. The van der Waals surface area contributed by atoms with Crippen LogP contribution in [0.3, 0.4) is 0 Å². The molecule has 4 amide bonds. The largest absolute Gasteiger partial charge is 0.417 e. The summed E-state index contributed by atoms with van der Waals surface area (Å²) in [7, 11) is -1.28. The standard InChI is InChI=1S/C42H35ClN6O8S3/c1-58-59-14-13-38(50)44-27-9-11-32-23(15-27)17-34(47-32)40(51)45-28-10-12-33-24(16-28)18-35(48-33)41(52)49-22-25(21-43)39-31-8-3-2-7-30(31)37(20-36(39)49)57-42(53)46-26-5-4-6-29(19-26)60(54,55)56/h2-12,15-20,25,47-48H,13-14,21-22H2,1H3,(H,44,50)(H,45,51)(H,46,53)(H,54,55,56)/t25-/m1/s1. The number of benzene rings is 5. The monoisotopic (exact) mass is 882 g/mol. The van der Waals surface area contributed by atoms with Crippen molar-refractivity contribution < 1.29 is 36.9 Å². The number of alkyl halides is 1. The first-order valence-corrected chi connectivity index (χ1v) is 23.1. The molecule has 0 spiro atoms. The lowest BCUT2D eigenvalue weighted by Crippen LogP contribution is -2.30. The van der Waals surface area contributed by atoms with Gasteiger partial charge in [0.2, 0.25) is 5.91 Å². The van der Waals surface area contributed by atoms with E-state index in [9.17, 15) is 32.1 Å². The van der Waals surface area contributed by atoms with Crippen molar-refractivity contribution >= 4 is 122 Å². The summed E-state index contributed by atoms with van der Waals surface area (Å²) in [6.07, 6.45) is 1.44. The maximum atomic E-state index is 14.3. The molecule has 0 fully saturated rings. The Labute approximate surface area is 355 Å². The van der Waals surface area contributed by atoms with E-state index < -0.39 is 21.1 Å². The molecule has 0 radical (unpaired) electrons. The number of hydrogen-bond acceptors (Lipinski definition) is 9. The molecule has 14 nitrogen and oxygen atoms in total. The van der Waals surface area contributed by atoms with E-state index in [2.05, 4.69) is 25.9 Å². The lowest BCUT2D eigenvalue weighted by atomic mass is 9.95. The van der Waals surface area contributed by atoms with E-state index in [0.717, 1.165) is 27.9 Å². The van der Waals surface area contributed by atoms with Crippen molar-refractivity contribution in [3.8, 4) is 5.75 Å². The predicted molar refractivity (Wildman–Crippen MR) is 239 cm³/mol. The van der Waals surface area contributed by atoms with E-state index in [1.54, 1.807) is 81.1 Å². The Balaban J connectivity index is 1.01. The van der Waals surface area contributed by atoms with Crippen molar-refractivity contribution in [3.05, 3.63) is 120 Å². The molecule has 3 heterocycles. The van der Waals surface area contributed by atoms with Gasteiger partial charge >= 0.3 is 6.09 Å². The third kappa shape index (κ3) is 8.53. The number of fused-ring (bicyclic) bond motifs is 5. The van der Waals surface area contributed by atoms with Gasteiger partial charge in [0.15, 0.2) is 0 Å². The van der Waals surface area contributed by atoms with Gasteiger partial charge in [0.05, 0.1) is 10.6 Å². The van der Waals surface area contributed by atoms with Gasteiger partial charge in [-0.05, 0) is 83.9 Å². The lowest BCUT2D eigenvalue weighted by Gasteiger charge is -2.19. The molecule has 5 aromatic carbocycles. The smallest absolute Gasteiger partial charge is 0.409 e. The number of nitrogens with one attached hydrogen (secondary N) is 5. The number of aromatic amines is 2. The van der Waals surface area contributed by atoms with E-state index in [0.29, 0.717) is 51.2 Å². The van der Waals surface area contributed by atoms with E-state index in [1.807, 2.05) is 30.5 Å². The van der Waals surface area contributed by atoms with Gasteiger partial charge in [0, 0.05) is 80.8 Å². The molecular weight excluding hydrogens is 848 g/mol. The average Bonchev–Trinajstić information content (AvgIpc) is 3.96. The van der Waals surface area contributed by atoms with Gasteiger partial charge in [-0.1, -0.05) is 51.9 Å². The molecule has 0 saturated heterocycles. The maximum absolute atomic E-state index is 14.3. The average molecular weight is 883 g/mol. The minimum absolute atomic E-state index is 0.0765. The molecule has 0 saturated carbocycles. The van der Waals surface area contributed by atoms with Gasteiger partial charge in [0.1, 0.15) is 17.1 Å². The summed E-state index contributed by atoms with van der Waals surface area (Å²) in [5, 5.41) is 11.1. The van der Waals surface area contributed by atoms with Crippen molar-refractivity contribution in [1.82, 2.24) is 9.97 Å². The third-order valence-electron chi connectivity index (χ3n) is 9.93. The summed E-state index contributed by atoms with van der Waals surface area (Å²) < 4.78 is 38.5. The number of nitrogens with zero attached hydrogens (tertiary/aromatic N) is 1. The topological polar surface area (TPSA) is 203 Å². The predicted octanol–water partition coefficient (Wildman–Crippen LogP) is 9.23. The van der Waals surface area contributed by atoms with Gasteiger partial charge < -0.3 is 30.2 Å². The van der Waals surface area contributed by atoms with E-state index >= 15 is 0 Å². The van der Waals surface area contributed by atoms with Crippen LogP contribution in [0.25, 0.3) is 32.6 Å². The molecule has 1 aliphatic rings. The minimum atomic E-state index is -4.51. The zero-order chi connectivity index (χ0) is 42.1. The van der Waals surface area contributed by atoms with Gasteiger partial charge in [0.25, 0.3) is 21.9 Å². The Hall–Kier alpha value is -5.98. The number of hydrogen-bond donors (Lipinski definition) is 6. The molecular formula is C42H35ClN6O8S3. The minimum Gasteiger partial charge on any atom is -0.409 e. The second-order valence-corrected chi connectivity index (χ2v) is 18.3. The molecule has 7 aromatic rings. The highest BCUT2D eigenvalue weighted by Crippen LogP contribution is 2.46. The molecule has 2 aromatic heterocycles. The van der Waals surface area contributed by atoms with Crippen LogP contribution >= 0.6 is 33.2 Å². The summed E-state index contributed by atoms with van der Waals surface area (Å²) >= 11 is 6.49. The fourth-order valence-electron chi connectivity index (χ4n) is 7.24. The van der Waals surface area contributed by atoms with E-state index in [-0.39, 0.29) is 53.2 Å². The van der Waals surface area contributed by atoms with Crippen LogP contribution in [0.5, 0.6) is 5.75 Å². The molecule has 60 heavy (non-hydrogen) atoms. The van der Waals surface area contributed by atoms with E-state index in [4.69, 9.17) is 16.3 Å². The summed E-state index contributed by atoms with van der Waals surface area (Å²) in [5.74, 6) is 0.0260. The van der Waals surface area contributed by atoms with Crippen LogP contribution in [0.1, 0.15) is 38.9 Å². The van der Waals surface area contributed by atoms with Crippen LogP contribution in [0.2, 0.25) is 0 Å². The van der Waals surface area contributed by atoms with Crippen LogP contribution < -0.4 is 25.6 Å². The number of carbonyl (C=O) groups is 4. The number of amides is 4. The van der Waals surface area contributed by atoms with Crippen molar-refractivity contribution in [1.29, 1.82) is 0 Å². The van der Waals surface area contributed by atoms with Crippen molar-refractivity contribution in [2.75, 3.05) is 45.3 Å². The first-order valence-electron chi connectivity index (χ1n) is 18.4. The Morgan fingerprint density at radius 1 is 0.817 bits per heavy atom. The number of aromatic nitrogens is 2. The number of H-pyrrole nitrogens is 2. The zero-order valence-electron chi connectivity index (χ0n) is 31.6. The highest BCUT2D eigenvalue weighted by atomic mass is 35.5. The van der Waals surface area contributed by atoms with Crippen LogP contribution in [0, 0.1) is 0 Å². The van der Waals surface area contributed by atoms with Crippen molar-refractivity contribution in [2.45, 2.75) is 17.2 Å². The Bertz CT molecular complexity index is 2970. The zero-order valence-corrected chi connectivity index (χ0v) is 34.8. The highest BCUT2D eigenvalue weighted by Gasteiger charge is 2.36. The second-order valence-electron chi connectivity index (χ2n) is 13.8. The molecule has 0 unspecified atom stereocenters. The van der Waals surface area contributed by atoms with Gasteiger partial charge in [-0.2, -0.15) is 8.42 Å². The third-order valence-corrected chi connectivity index (χ3v) is 13.0. The summed E-state index contributed by atoms with van der Waals surface area (Å²) in [4.78, 5) is 60.6. The summed E-state index contributed by atoms with van der Waals surface area (Å²) in [5.41, 5.74) is 4.55. The Kier molecular flexibility index (Phi) is 11.5. The number of rotatable bonds is 12. The van der Waals surface area contributed by atoms with Gasteiger partial charge in [-0.3, -0.25) is 24.3 Å². The molecule has 8 rings (SSSR count). The number of carbonyl (C=O) groups excluding carboxylic acids is 4. The molecule has 1 aliphatic heterocycles. The van der Waals surface area contributed by atoms with Gasteiger partial charge in [-0.15, -0.1) is 11.6 Å². The van der Waals surface area contributed by atoms with Crippen LogP contribution in [-0.4, -0.2) is 71.2 Å². The Morgan fingerprint density at radius 2 is 1.48 bits per heavy atom. The number of halogens is 1. The van der Waals surface area contributed by atoms with Crippen molar-refractivity contribution in [3.63, 3.8) is 0 Å². The van der Waals surface area contributed by atoms with Crippen LogP contribution in [0.4, 0.5) is 27.5 Å².